The topological polar surface area (TPSA) is 77.1 Å². The van der Waals surface area contributed by atoms with E-state index >= 15 is 0 Å². The first-order valence-corrected chi connectivity index (χ1v) is 10.3. The molecule has 2 aliphatic carbocycles. The summed E-state index contributed by atoms with van der Waals surface area (Å²) in [6.45, 7) is 2.67. The molecule has 5 rings (SSSR count). The normalized spacial score (nSPS) is 15.5. The van der Waals surface area contributed by atoms with Gasteiger partial charge in [0.2, 0.25) is 0 Å². The van der Waals surface area contributed by atoms with Gasteiger partial charge in [-0.1, -0.05) is 12.1 Å². The lowest BCUT2D eigenvalue weighted by Crippen LogP contribution is -2.31. The van der Waals surface area contributed by atoms with E-state index in [1.165, 1.54) is 10.6 Å². The van der Waals surface area contributed by atoms with Gasteiger partial charge in [-0.15, -0.1) is 11.3 Å². The van der Waals surface area contributed by atoms with Gasteiger partial charge in [0.05, 0.1) is 11.9 Å². The van der Waals surface area contributed by atoms with Gasteiger partial charge in [-0.3, -0.25) is 14.4 Å². The van der Waals surface area contributed by atoms with Crippen LogP contribution >= 0.6 is 11.3 Å². The number of nitrogens with zero attached hydrogens (tertiary/aromatic N) is 5. The van der Waals surface area contributed by atoms with E-state index in [2.05, 4.69) is 17.2 Å². The van der Waals surface area contributed by atoms with E-state index in [-0.39, 0.29) is 5.91 Å². The Labute approximate surface area is 161 Å². The fourth-order valence-corrected chi connectivity index (χ4v) is 4.72. The summed E-state index contributed by atoms with van der Waals surface area (Å²) in [6.07, 6.45) is 6.85. The number of aromatic nitrogens is 4. The summed E-state index contributed by atoms with van der Waals surface area (Å²) in [5.41, 5.74) is 3.64. The van der Waals surface area contributed by atoms with Gasteiger partial charge in [0.1, 0.15) is 5.76 Å². The quantitative estimate of drug-likeness (QED) is 0.673. The molecule has 3 aromatic rings. The standard InChI is InChI=1S/C19H21N5O2S/c1-3-8-24(18(25)13-9-15(26-22-13)11-4-5-11)19-21-17-12-10-20-23(2)14(12)6-7-16(17)27-19/h9-11H,3-8H2,1-2H3. The fourth-order valence-electron chi connectivity index (χ4n) is 3.62. The number of fused-ring (bicyclic) bond motifs is 3. The first kappa shape index (κ1) is 16.7. The fraction of sp³-hybridized carbons (Fsp3) is 0.474. The van der Waals surface area contributed by atoms with Gasteiger partial charge in [0.15, 0.2) is 10.8 Å². The molecule has 0 unspecified atom stereocenters. The van der Waals surface area contributed by atoms with Crippen molar-refractivity contribution >= 4 is 22.4 Å². The summed E-state index contributed by atoms with van der Waals surface area (Å²) in [4.78, 5) is 20.9. The third-order valence-corrected chi connectivity index (χ3v) is 6.38. The average Bonchev–Trinajstić information content (AvgIpc) is 3.08. The Kier molecular flexibility index (Phi) is 3.89. The summed E-state index contributed by atoms with van der Waals surface area (Å²) in [5.74, 6) is 1.13. The molecule has 1 saturated carbocycles. The van der Waals surface area contributed by atoms with Gasteiger partial charge >= 0.3 is 0 Å². The second kappa shape index (κ2) is 6.30. The molecule has 0 aromatic carbocycles. The Morgan fingerprint density at radius 2 is 2.26 bits per heavy atom. The Morgan fingerprint density at radius 3 is 3.04 bits per heavy atom. The molecular formula is C19H21N5O2S. The Hall–Kier alpha value is -2.48. The van der Waals surface area contributed by atoms with Crippen LogP contribution in [0.1, 0.15) is 58.9 Å². The molecule has 0 atom stereocenters. The third-order valence-electron chi connectivity index (χ3n) is 5.24. The van der Waals surface area contributed by atoms with Crippen LogP contribution in [0.2, 0.25) is 0 Å². The smallest absolute Gasteiger partial charge is 0.282 e. The molecule has 0 bridgehead atoms. The van der Waals surface area contributed by atoms with Crippen LogP contribution in [-0.4, -0.2) is 32.4 Å². The molecule has 2 aliphatic rings. The minimum atomic E-state index is -0.134. The van der Waals surface area contributed by atoms with Crippen LogP contribution in [0.25, 0.3) is 11.3 Å². The van der Waals surface area contributed by atoms with Crippen molar-refractivity contribution in [3.8, 4) is 11.3 Å². The van der Waals surface area contributed by atoms with Crippen molar-refractivity contribution in [2.45, 2.75) is 44.9 Å². The predicted molar refractivity (Wildman–Crippen MR) is 102 cm³/mol. The van der Waals surface area contributed by atoms with Crippen molar-refractivity contribution in [1.29, 1.82) is 0 Å². The van der Waals surface area contributed by atoms with E-state index in [1.54, 1.807) is 22.3 Å². The van der Waals surface area contributed by atoms with Crippen LogP contribution in [0, 0.1) is 0 Å². The maximum atomic E-state index is 13.1. The summed E-state index contributed by atoms with van der Waals surface area (Å²) in [5, 5.41) is 9.13. The maximum absolute atomic E-state index is 13.1. The van der Waals surface area contributed by atoms with E-state index in [9.17, 15) is 4.79 Å². The number of carbonyl (C=O) groups is 1. The van der Waals surface area contributed by atoms with Crippen molar-refractivity contribution in [3.05, 3.63) is 34.3 Å². The molecule has 0 spiro atoms. The lowest BCUT2D eigenvalue weighted by Gasteiger charge is -2.17. The second-order valence-electron chi connectivity index (χ2n) is 7.24. The van der Waals surface area contributed by atoms with Crippen molar-refractivity contribution in [2.24, 2.45) is 7.05 Å². The van der Waals surface area contributed by atoms with Crippen molar-refractivity contribution in [2.75, 3.05) is 11.4 Å². The molecule has 8 heteroatoms. The van der Waals surface area contributed by atoms with Gasteiger partial charge in [-0.05, 0) is 32.1 Å². The molecule has 3 aromatic heterocycles. The Bertz CT molecular complexity index is 1010. The number of amides is 1. The van der Waals surface area contributed by atoms with Crippen molar-refractivity contribution < 1.29 is 9.32 Å². The number of hydrogen-bond donors (Lipinski definition) is 0. The number of rotatable bonds is 5. The highest BCUT2D eigenvalue weighted by molar-refractivity contribution is 7.16. The van der Waals surface area contributed by atoms with Crippen molar-refractivity contribution in [3.63, 3.8) is 0 Å². The molecule has 1 fully saturated rings. The molecular weight excluding hydrogens is 362 g/mol. The van der Waals surface area contributed by atoms with Crippen molar-refractivity contribution in [1.82, 2.24) is 19.9 Å². The van der Waals surface area contributed by atoms with Crippen LogP contribution in [0.3, 0.4) is 0 Å². The highest BCUT2D eigenvalue weighted by Crippen LogP contribution is 2.41. The zero-order valence-electron chi connectivity index (χ0n) is 15.4. The monoisotopic (exact) mass is 383 g/mol. The molecule has 140 valence electrons. The number of anilines is 1. The lowest BCUT2D eigenvalue weighted by atomic mass is 10.0. The molecule has 27 heavy (non-hydrogen) atoms. The van der Waals surface area contributed by atoms with Crippen LogP contribution in [0.5, 0.6) is 0 Å². The summed E-state index contributed by atoms with van der Waals surface area (Å²) < 4.78 is 7.30. The minimum absolute atomic E-state index is 0.134. The zero-order chi connectivity index (χ0) is 18.5. The van der Waals surface area contributed by atoms with E-state index < -0.39 is 0 Å². The highest BCUT2D eigenvalue weighted by Gasteiger charge is 2.32. The van der Waals surface area contributed by atoms with E-state index in [4.69, 9.17) is 9.51 Å². The van der Waals surface area contributed by atoms with E-state index in [0.29, 0.717) is 18.2 Å². The summed E-state index contributed by atoms with van der Waals surface area (Å²) >= 11 is 1.60. The highest BCUT2D eigenvalue weighted by atomic mass is 32.1. The van der Waals surface area contributed by atoms with Crippen LogP contribution in [0.15, 0.2) is 16.8 Å². The predicted octanol–water partition coefficient (Wildman–Crippen LogP) is 3.56. The van der Waals surface area contributed by atoms with Gasteiger partial charge in [-0.25, -0.2) is 4.98 Å². The number of hydrogen-bond acceptors (Lipinski definition) is 6. The minimum Gasteiger partial charge on any atom is -0.360 e. The van der Waals surface area contributed by atoms with Gasteiger partial charge < -0.3 is 4.52 Å². The van der Waals surface area contributed by atoms with E-state index in [1.807, 2.05) is 17.9 Å². The first-order chi connectivity index (χ1) is 13.2. The number of aryl methyl sites for hydroxylation is 2. The Morgan fingerprint density at radius 1 is 1.41 bits per heavy atom. The molecule has 0 radical (unpaired) electrons. The number of thiazole rings is 1. The maximum Gasteiger partial charge on any atom is 0.282 e. The van der Waals surface area contributed by atoms with Gasteiger partial charge in [0, 0.05) is 41.7 Å². The molecule has 7 nitrogen and oxygen atoms in total. The summed E-state index contributed by atoms with van der Waals surface area (Å²) in [6, 6.07) is 1.80. The largest absolute Gasteiger partial charge is 0.360 e. The Balaban J connectivity index is 1.49. The molecule has 0 N–H and O–H groups in total. The second-order valence-corrected chi connectivity index (χ2v) is 8.30. The van der Waals surface area contributed by atoms with Gasteiger partial charge in [-0.2, -0.15) is 5.10 Å². The molecule has 0 saturated heterocycles. The SMILES string of the molecule is CCCN(C(=O)c1cc(C2CC2)on1)c1nc2c(s1)CCc1c-2cnn1C. The van der Waals surface area contributed by atoms with Crippen LogP contribution in [0.4, 0.5) is 5.13 Å². The first-order valence-electron chi connectivity index (χ1n) is 9.45. The van der Waals surface area contributed by atoms with Gasteiger partial charge in [0.25, 0.3) is 5.91 Å². The molecule has 1 amide bonds. The van der Waals surface area contributed by atoms with E-state index in [0.717, 1.165) is 54.3 Å². The number of carbonyl (C=O) groups excluding carboxylic acids is 1. The lowest BCUT2D eigenvalue weighted by molar-refractivity contribution is 0.0978. The van der Waals surface area contributed by atoms with Crippen LogP contribution < -0.4 is 4.90 Å². The molecule has 0 aliphatic heterocycles. The molecule has 3 heterocycles. The van der Waals surface area contributed by atoms with Crippen LogP contribution in [-0.2, 0) is 19.9 Å². The average molecular weight is 383 g/mol. The third kappa shape index (κ3) is 2.79. The summed E-state index contributed by atoms with van der Waals surface area (Å²) in [7, 11) is 1.96. The zero-order valence-corrected chi connectivity index (χ0v) is 16.3.